The highest BCUT2D eigenvalue weighted by Crippen LogP contribution is 2.17. The molecule has 1 amide bonds. The number of carbonyl (C=O) groups is 2. The lowest BCUT2D eigenvalue weighted by atomic mass is 10.0. The Bertz CT molecular complexity index is 1020. The SMILES string of the molecule is CCCCCCCC/C=C\CCCCCC(=O)OC(CCC/C=C/C=C/CCCCCCCCC)CC(=O)NC(CO)C(O)CCCCCCCCCCCCCCCCCC. The highest BCUT2D eigenvalue weighted by Gasteiger charge is 2.24. The predicted molar refractivity (Wildman–Crippen MR) is 269 cm³/mol. The normalized spacial score (nSPS) is 13.4. The minimum absolute atomic E-state index is 0.0411. The first kappa shape index (κ1) is 60.1. The molecule has 3 N–H and O–H groups in total. The van der Waals surface area contributed by atoms with Gasteiger partial charge in [-0.2, -0.15) is 0 Å². The van der Waals surface area contributed by atoms with Gasteiger partial charge in [-0.1, -0.05) is 237 Å². The molecule has 0 aromatic carbocycles. The standard InChI is InChI=1S/C56H105NO5/c1-4-7-10-13-16-19-22-25-27-28-31-33-36-39-42-45-48-54(59)53(51-58)57-55(60)50-52(47-44-41-38-35-32-30-26-23-20-17-14-11-8-5-2)62-56(61)49-46-43-40-37-34-29-24-21-18-15-12-9-6-3/h29-30,32,34-35,38,52-54,58-59H,4-28,31,33,36-37,39-51H2,1-3H3,(H,57,60)/b32-30+,34-29-,38-35+. The minimum Gasteiger partial charge on any atom is -0.462 e. The first-order chi connectivity index (χ1) is 30.5. The average molecular weight is 872 g/mol. The number of unbranched alkanes of at least 4 members (excludes halogenated alkanes) is 32. The molecule has 6 nitrogen and oxygen atoms in total. The van der Waals surface area contributed by atoms with Crippen LogP contribution in [0.1, 0.15) is 284 Å². The third kappa shape index (κ3) is 44.7. The Labute approximate surface area is 385 Å². The summed E-state index contributed by atoms with van der Waals surface area (Å²) in [5.74, 6) is -0.531. The van der Waals surface area contributed by atoms with E-state index in [1.807, 2.05) is 0 Å². The maximum Gasteiger partial charge on any atom is 0.306 e. The Morgan fingerprint density at radius 2 is 0.839 bits per heavy atom. The summed E-state index contributed by atoms with van der Waals surface area (Å²) >= 11 is 0. The number of nitrogens with one attached hydrogen (secondary N) is 1. The monoisotopic (exact) mass is 872 g/mol. The first-order valence-electron chi connectivity index (χ1n) is 27.2. The number of hydrogen-bond donors (Lipinski definition) is 3. The number of aliphatic hydroxyl groups is 2. The fourth-order valence-electron chi connectivity index (χ4n) is 8.31. The zero-order valence-electron chi connectivity index (χ0n) is 41.5. The van der Waals surface area contributed by atoms with E-state index < -0.39 is 18.2 Å². The van der Waals surface area contributed by atoms with E-state index in [1.165, 1.54) is 167 Å². The summed E-state index contributed by atoms with van der Waals surface area (Å²) in [7, 11) is 0. The van der Waals surface area contributed by atoms with Crippen LogP contribution in [0.5, 0.6) is 0 Å². The third-order valence-electron chi connectivity index (χ3n) is 12.5. The van der Waals surface area contributed by atoms with Gasteiger partial charge >= 0.3 is 5.97 Å². The Morgan fingerprint density at radius 3 is 1.27 bits per heavy atom. The average Bonchev–Trinajstić information content (AvgIpc) is 3.26. The van der Waals surface area contributed by atoms with E-state index in [1.54, 1.807) is 0 Å². The van der Waals surface area contributed by atoms with Crippen LogP contribution < -0.4 is 5.32 Å². The molecule has 0 aliphatic heterocycles. The number of amides is 1. The second-order valence-electron chi connectivity index (χ2n) is 18.7. The first-order valence-corrected chi connectivity index (χ1v) is 27.2. The Balaban J connectivity index is 4.60. The molecule has 0 radical (unpaired) electrons. The molecule has 0 aliphatic carbocycles. The molecule has 0 bridgehead atoms. The van der Waals surface area contributed by atoms with Crippen molar-refractivity contribution in [3.63, 3.8) is 0 Å². The number of carbonyl (C=O) groups excluding carboxylic acids is 2. The molecule has 0 heterocycles. The summed E-state index contributed by atoms with van der Waals surface area (Å²) in [5.41, 5.74) is 0. The predicted octanol–water partition coefficient (Wildman–Crippen LogP) is 16.5. The molecule has 0 aliphatic rings. The van der Waals surface area contributed by atoms with Crippen LogP contribution >= 0.6 is 0 Å². The fourth-order valence-corrected chi connectivity index (χ4v) is 8.31. The minimum atomic E-state index is -0.800. The zero-order chi connectivity index (χ0) is 45.2. The summed E-state index contributed by atoms with van der Waals surface area (Å²) in [4.78, 5) is 26.1. The van der Waals surface area contributed by atoms with E-state index >= 15 is 0 Å². The van der Waals surface area contributed by atoms with Gasteiger partial charge in [0.25, 0.3) is 0 Å². The van der Waals surface area contributed by atoms with E-state index in [0.29, 0.717) is 19.3 Å². The molecule has 3 atom stereocenters. The molecule has 0 saturated heterocycles. The maximum absolute atomic E-state index is 13.2. The van der Waals surface area contributed by atoms with E-state index in [2.05, 4.69) is 62.5 Å². The molecular weight excluding hydrogens is 767 g/mol. The van der Waals surface area contributed by atoms with Crippen LogP contribution in [0.2, 0.25) is 0 Å². The summed E-state index contributed by atoms with van der Waals surface area (Å²) in [6, 6.07) is -0.717. The summed E-state index contributed by atoms with van der Waals surface area (Å²) in [5, 5.41) is 23.8. The highest BCUT2D eigenvalue weighted by molar-refractivity contribution is 5.77. The molecular formula is C56H105NO5. The van der Waals surface area contributed by atoms with Gasteiger partial charge in [0.05, 0.1) is 25.2 Å². The van der Waals surface area contributed by atoms with Crippen molar-refractivity contribution in [1.82, 2.24) is 5.32 Å². The molecule has 0 fully saturated rings. The fraction of sp³-hybridized carbons (Fsp3) is 0.857. The lowest BCUT2D eigenvalue weighted by Gasteiger charge is -2.24. The van der Waals surface area contributed by atoms with Gasteiger partial charge in [-0.05, 0) is 70.6 Å². The van der Waals surface area contributed by atoms with Crippen LogP contribution in [-0.4, -0.2) is 46.9 Å². The largest absolute Gasteiger partial charge is 0.462 e. The molecule has 0 saturated carbocycles. The number of allylic oxidation sites excluding steroid dienone is 6. The highest BCUT2D eigenvalue weighted by atomic mass is 16.5. The van der Waals surface area contributed by atoms with Gasteiger partial charge in [0.2, 0.25) is 5.91 Å². The van der Waals surface area contributed by atoms with Crippen molar-refractivity contribution in [3.8, 4) is 0 Å². The van der Waals surface area contributed by atoms with E-state index in [0.717, 1.165) is 70.6 Å². The molecule has 0 spiro atoms. The number of hydrogen-bond acceptors (Lipinski definition) is 5. The Kier molecular flexibility index (Phi) is 48.5. The topological polar surface area (TPSA) is 95.9 Å². The third-order valence-corrected chi connectivity index (χ3v) is 12.5. The van der Waals surface area contributed by atoms with Gasteiger partial charge < -0.3 is 20.3 Å². The summed E-state index contributed by atoms with van der Waals surface area (Å²) < 4.78 is 5.90. The van der Waals surface area contributed by atoms with Gasteiger partial charge in [-0.25, -0.2) is 0 Å². The van der Waals surface area contributed by atoms with Crippen molar-refractivity contribution < 1.29 is 24.5 Å². The smallest absolute Gasteiger partial charge is 0.306 e. The van der Waals surface area contributed by atoms with Gasteiger partial charge in [0.1, 0.15) is 6.10 Å². The van der Waals surface area contributed by atoms with Crippen LogP contribution in [0, 0.1) is 0 Å². The van der Waals surface area contributed by atoms with Crippen LogP contribution in [0.25, 0.3) is 0 Å². The number of aliphatic hydroxyl groups excluding tert-OH is 2. The number of esters is 1. The van der Waals surface area contributed by atoms with Gasteiger partial charge in [-0.3, -0.25) is 9.59 Å². The van der Waals surface area contributed by atoms with Gasteiger partial charge in [0, 0.05) is 6.42 Å². The van der Waals surface area contributed by atoms with Crippen LogP contribution in [-0.2, 0) is 14.3 Å². The quantitative estimate of drug-likeness (QED) is 0.0245. The van der Waals surface area contributed by atoms with E-state index in [-0.39, 0.29) is 24.9 Å². The summed E-state index contributed by atoms with van der Waals surface area (Å²) in [6.07, 6.45) is 59.3. The Morgan fingerprint density at radius 1 is 0.468 bits per heavy atom. The maximum atomic E-state index is 13.2. The molecule has 3 unspecified atom stereocenters. The molecule has 0 aromatic rings. The van der Waals surface area contributed by atoms with Crippen molar-refractivity contribution in [2.24, 2.45) is 0 Å². The van der Waals surface area contributed by atoms with Crippen LogP contribution in [0.3, 0.4) is 0 Å². The Hall–Kier alpha value is -1.92. The molecule has 0 aromatic heterocycles. The molecule has 62 heavy (non-hydrogen) atoms. The molecule has 0 rings (SSSR count). The number of ether oxygens (including phenoxy) is 1. The lowest BCUT2D eigenvalue weighted by molar-refractivity contribution is -0.151. The van der Waals surface area contributed by atoms with Gasteiger partial charge in [0.15, 0.2) is 0 Å². The van der Waals surface area contributed by atoms with Crippen molar-refractivity contribution in [1.29, 1.82) is 0 Å². The van der Waals surface area contributed by atoms with Crippen LogP contribution in [0.4, 0.5) is 0 Å². The molecule has 364 valence electrons. The van der Waals surface area contributed by atoms with Gasteiger partial charge in [-0.15, -0.1) is 0 Å². The molecule has 6 heteroatoms. The van der Waals surface area contributed by atoms with Crippen LogP contribution in [0.15, 0.2) is 36.5 Å². The lowest BCUT2D eigenvalue weighted by Crippen LogP contribution is -2.46. The van der Waals surface area contributed by atoms with E-state index in [9.17, 15) is 19.8 Å². The second-order valence-corrected chi connectivity index (χ2v) is 18.7. The van der Waals surface area contributed by atoms with Crippen molar-refractivity contribution >= 4 is 11.9 Å². The second kappa shape index (κ2) is 50.1. The van der Waals surface area contributed by atoms with Crippen molar-refractivity contribution in [3.05, 3.63) is 36.5 Å². The van der Waals surface area contributed by atoms with E-state index in [4.69, 9.17) is 4.74 Å². The van der Waals surface area contributed by atoms with Crippen molar-refractivity contribution in [2.75, 3.05) is 6.61 Å². The summed E-state index contributed by atoms with van der Waals surface area (Å²) in [6.45, 7) is 6.47. The zero-order valence-corrected chi connectivity index (χ0v) is 41.5. The number of rotatable bonds is 49. The van der Waals surface area contributed by atoms with Crippen molar-refractivity contribution in [2.45, 2.75) is 302 Å².